The lowest BCUT2D eigenvalue weighted by molar-refractivity contribution is -0.149. The average molecular weight is 266 g/mol. The van der Waals surface area contributed by atoms with E-state index in [9.17, 15) is 18.0 Å². The van der Waals surface area contributed by atoms with E-state index < -0.39 is 25.2 Å². The maximum atomic E-state index is 11.7. The second-order valence-electron chi connectivity index (χ2n) is 3.45. The Hall–Kier alpha value is -1.30. The highest BCUT2D eigenvalue weighted by molar-refractivity contribution is 5.90. The molecule has 0 aromatic carbocycles. The summed E-state index contributed by atoms with van der Waals surface area (Å²) < 4.78 is 44.6. The first kappa shape index (κ1) is 16.7. The maximum Gasteiger partial charge on any atom is 0.391 e. The predicted octanol–water partition coefficient (Wildman–Crippen LogP) is 3.02. The van der Waals surface area contributed by atoms with Crippen LogP contribution >= 0.6 is 0 Å². The van der Waals surface area contributed by atoms with Gasteiger partial charge in [0.05, 0.1) is 25.2 Å². The summed E-state index contributed by atoms with van der Waals surface area (Å²) in [6, 6.07) is 0. The Labute approximate surface area is 104 Å². The normalized spacial score (nSPS) is 11.8. The van der Waals surface area contributed by atoms with Gasteiger partial charge in [-0.2, -0.15) is 13.2 Å². The van der Waals surface area contributed by atoms with Crippen LogP contribution in [-0.2, 0) is 14.3 Å². The Balaban J connectivity index is 3.58. The van der Waals surface area contributed by atoms with Crippen molar-refractivity contribution in [2.24, 2.45) is 0 Å². The average Bonchev–Trinajstić information content (AvgIpc) is 2.28. The number of carbonyl (C=O) groups is 1. The van der Waals surface area contributed by atoms with Crippen molar-refractivity contribution in [2.45, 2.75) is 25.9 Å². The molecule has 0 N–H and O–H groups in total. The van der Waals surface area contributed by atoms with Crippen molar-refractivity contribution >= 4 is 5.97 Å². The minimum Gasteiger partial charge on any atom is -0.460 e. The minimum absolute atomic E-state index is 0.0629. The van der Waals surface area contributed by atoms with E-state index in [2.05, 4.69) is 11.3 Å². The number of carbonyl (C=O) groups excluding carboxylic acids is 1. The standard InChI is InChI=1S/C12H17F3O3/c1-3-4-5-10(2)11(16)18-9-8-17-7-6-12(13,14)15/h4-5H,2-3,6-9H2,1H3/b5-4-. The lowest BCUT2D eigenvalue weighted by Gasteiger charge is -2.07. The van der Waals surface area contributed by atoms with Gasteiger partial charge in [0, 0.05) is 0 Å². The highest BCUT2D eigenvalue weighted by Crippen LogP contribution is 2.18. The van der Waals surface area contributed by atoms with Crippen molar-refractivity contribution < 1.29 is 27.4 Å². The molecule has 0 rings (SSSR count). The lowest BCUT2D eigenvalue weighted by atomic mass is 10.2. The molecule has 0 aliphatic rings. The highest BCUT2D eigenvalue weighted by atomic mass is 19.4. The summed E-state index contributed by atoms with van der Waals surface area (Å²) in [7, 11) is 0. The quantitative estimate of drug-likeness (QED) is 0.293. The number of allylic oxidation sites excluding steroid dienone is 1. The summed E-state index contributed by atoms with van der Waals surface area (Å²) in [5, 5.41) is 0. The Morgan fingerprint density at radius 3 is 2.50 bits per heavy atom. The molecule has 0 saturated carbocycles. The molecule has 0 unspecified atom stereocenters. The van der Waals surface area contributed by atoms with Gasteiger partial charge >= 0.3 is 12.1 Å². The molecule has 18 heavy (non-hydrogen) atoms. The first-order chi connectivity index (χ1) is 8.37. The van der Waals surface area contributed by atoms with Gasteiger partial charge in [-0.3, -0.25) is 0 Å². The summed E-state index contributed by atoms with van der Waals surface area (Å²) in [6.07, 6.45) is -1.17. The third kappa shape index (κ3) is 9.89. The monoisotopic (exact) mass is 266 g/mol. The molecule has 104 valence electrons. The summed E-state index contributed by atoms with van der Waals surface area (Å²) >= 11 is 0. The predicted molar refractivity (Wildman–Crippen MR) is 61.0 cm³/mol. The van der Waals surface area contributed by atoms with Gasteiger partial charge in [-0.25, -0.2) is 4.79 Å². The van der Waals surface area contributed by atoms with Gasteiger partial charge in [0.2, 0.25) is 0 Å². The van der Waals surface area contributed by atoms with Crippen LogP contribution in [0, 0.1) is 0 Å². The van der Waals surface area contributed by atoms with Crippen molar-refractivity contribution in [1.29, 1.82) is 0 Å². The van der Waals surface area contributed by atoms with Crippen LogP contribution in [0.1, 0.15) is 19.8 Å². The fraction of sp³-hybridized carbons (Fsp3) is 0.583. The summed E-state index contributed by atoms with van der Waals surface area (Å²) in [5.41, 5.74) is 0.201. The minimum atomic E-state index is -4.23. The third-order valence-electron chi connectivity index (χ3n) is 1.81. The molecule has 0 radical (unpaired) electrons. The molecular formula is C12H17F3O3. The van der Waals surface area contributed by atoms with E-state index in [1.54, 1.807) is 6.08 Å². The van der Waals surface area contributed by atoms with Crippen LogP contribution in [0.2, 0.25) is 0 Å². The number of halogens is 3. The molecule has 0 aromatic rings. The van der Waals surface area contributed by atoms with Gasteiger partial charge < -0.3 is 9.47 Å². The molecule has 0 atom stereocenters. The molecule has 0 heterocycles. The number of hydrogen-bond acceptors (Lipinski definition) is 3. The molecule has 0 aliphatic carbocycles. The number of alkyl halides is 3. The van der Waals surface area contributed by atoms with E-state index in [0.717, 1.165) is 6.42 Å². The zero-order valence-electron chi connectivity index (χ0n) is 10.3. The highest BCUT2D eigenvalue weighted by Gasteiger charge is 2.26. The third-order valence-corrected chi connectivity index (χ3v) is 1.81. The molecule has 3 nitrogen and oxygen atoms in total. The molecular weight excluding hydrogens is 249 g/mol. The molecule has 0 spiro atoms. The molecule has 0 aromatic heterocycles. The first-order valence-corrected chi connectivity index (χ1v) is 5.54. The van der Waals surface area contributed by atoms with Crippen LogP contribution in [0.3, 0.4) is 0 Å². The summed E-state index contributed by atoms with van der Waals surface area (Å²) in [6.45, 7) is 4.81. The van der Waals surface area contributed by atoms with Gasteiger partial charge in [0.25, 0.3) is 0 Å². The van der Waals surface area contributed by atoms with Crippen LogP contribution in [0.25, 0.3) is 0 Å². The van der Waals surface area contributed by atoms with Crippen molar-refractivity contribution in [3.63, 3.8) is 0 Å². The molecule has 0 aliphatic heterocycles. The van der Waals surface area contributed by atoms with E-state index >= 15 is 0 Å². The number of hydrogen-bond donors (Lipinski definition) is 0. The summed E-state index contributed by atoms with van der Waals surface area (Å²) in [4.78, 5) is 11.2. The van der Waals surface area contributed by atoms with Crippen LogP contribution < -0.4 is 0 Å². The van der Waals surface area contributed by atoms with Crippen LogP contribution in [0.4, 0.5) is 13.2 Å². The topological polar surface area (TPSA) is 35.5 Å². The SMILES string of the molecule is C=C(/C=C\CC)C(=O)OCCOCCC(F)(F)F. The van der Waals surface area contributed by atoms with E-state index in [1.807, 2.05) is 6.92 Å². The molecule has 0 bridgehead atoms. The van der Waals surface area contributed by atoms with E-state index in [1.165, 1.54) is 6.08 Å². The fourth-order valence-corrected chi connectivity index (χ4v) is 0.904. The molecule has 0 saturated heterocycles. The number of rotatable bonds is 8. The second kappa shape index (κ2) is 8.74. The van der Waals surface area contributed by atoms with Crippen LogP contribution in [0.15, 0.2) is 24.3 Å². The van der Waals surface area contributed by atoms with Crippen molar-refractivity contribution in [3.05, 3.63) is 24.3 Å². The van der Waals surface area contributed by atoms with E-state index in [-0.39, 0.29) is 18.8 Å². The van der Waals surface area contributed by atoms with Gasteiger partial charge in [-0.1, -0.05) is 25.7 Å². The maximum absolute atomic E-state index is 11.7. The van der Waals surface area contributed by atoms with Gasteiger partial charge in [0.1, 0.15) is 6.61 Å². The summed E-state index contributed by atoms with van der Waals surface area (Å²) in [5.74, 6) is -0.598. The van der Waals surface area contributed by atoms with E-state index in [0.29, 0.717) is 0 Å². The zero-order valence-corrected chi connectivity index (χ0v) is 10.3. The molecule has 0 amide bonds. The lowest BCUT2D eigenvalue weighted by Crippen LogP contribution is -2.15. The van der Waals surface area contributed by atoms with Crippen molar-refractivity contribution in [2.75, 3.05) is 19.8 Å². The zero-order chi connectivity index (χ0) is 14.0. The van der Waals surface area contributed by atoms with Crippen molar-refractivity contribution in [1.82, 2.24) is 0 Å². The van der Waals surface area contributed by atoms with E-state index in [4.69, 9.17) is 4.74 Å². The van der Waals surface area contributed by atoms with Gasteiger partial charge in [-0.05, 0) is 6.42 Å². The van der Waals surface area contributed by atoms with Gasteiger partial charge in [-0.15, -0.1) is 0 Å². The number of ether oxygens (including phenoxy) is 2. The van der Waals surface area contributed by atoms with Gasteiger partial charge in [0.15, 0.2) is 0 Å². The second-order valence-corrected chi connectivity index (χ2v) is 3.45. The van der Waals surface area contributed by atoms with Crippen LogP contribution in [0.5, 0.6) is 0 Å². The Morgan fingerprint density at radius 1 is 1.28 bits per heavy atom. The Morgan fingerprint density at radius 2 is 1.94 bits per heavy atom. The fourth-order valence-electron chi connectivity index (χ4n) is 0.904. The first-order valence-electron chi connectivity index (χ1n) is 5.54. The largest absolute Gasteiger partial charge is 0.460 e. The Bertz CT molecular complexity index is 295. The Kier molecular flexibility index (Phi) is 8.11. The van der Waals surface area contributed by atoms with Crippen molar-refractivity contribution in [3.8, 4) is 0 Å². The van der Waals surface area contributed by atoms with Crippen LogP contribution in [-0.4, -0.2) is 32.0 Å². The number of esters is 1. The smallest absolute Gasteiger partial charge is 0.391 e. The molecule has 6 heteroatoms. The molecule has 0 fully saturated rings.